The van der Waals surface area contributed by atoms with Crippen molar-refractivity contribution in [3.63, 3.8) is 0 Å². The zero-order chi connectivity index (χ0) is 11.4. The lowest BCUT2D eigenvalue weighted by Gasteiger charge is -2.05. The molecule has 0 atom stereocenters. The number of aryl methyl sites for hydroxylation is 1. The van der Waals surface area contributed by atoms with Gasteiger partial charge < -0.3 is 0 Å². The Bertz CT molecular complexity index is 515. The predicted octanol–water partition coefficient (Wildman–Crippen LogP) is 3.70. The molecule has 0 heteroatoms. The molecule has 0 aliphatic rings. The summed E-state index contributed by atoms with van der Waals surface area (Å²) in [5, 5.41) is 0. The Hall–Kier alpha value is -2.00. The molecule has 77 valence electrons. The summed E-state index contributed by atoms with van der Waals surface area (Å²) in [7, 11) is 0. The van der Waals surface area contributed by atoms with Gasteiger partial charge in [-0.25, -0.2) is 0 Å². The predicted molar refractivity (Wildman–Crippen MR) is 68.0 cm³/mol. The second kappa shape index (κ2) is 4.68. The third kappa shape index (κ3) is 2.15. The molecule has 0 amide bonds. The van der Waals surface area contributed by atoms with Gasteiger partial charge in [0.25, 0.3) is 0 Å². The van der Waals surface area contributed by atoms with E-state index in [4.69, 9.17) is 6.42 Å². The van der Waals surface area contributed by atoms with E-state index in [1.54, 1.807) is 0 Å². The quantitative estimate of drug-likeness (QED) is 0.656. The van der Waals surface area contributed by atoms with E-state index in [-0.39, 0.29) is 0 Å². The van der Waals surface area contributed by atoms with Crippen LogP contribution < -0.4 is 0 Å². The highest BCUT2D eigenvalue weighted by atomic mass is 14.0. The fraction of sp³-hybridized carbons (Fsp3) is 0.125. The van der Waals surface area contributed by atoms with Crippen molar-refractivity contribution >= 4 is 0 Å². The van der Waals surface area contributed by atoms with Crippen LogP contribution in [-0.4, -0.2) is 0 Å². The molecule has 0 saturated heterocycles. The molecular formula is C16H13. The van der Waals surface area contributed by atoms with Crippen LogP contribution in [0.3, 0.4) is 0 Å². The first-order valence-electron chi connectivity index (χ1n) is 5.41. The van der Waals surface area contributed by atoms with E-state index in [9.17, 15) is 0 Å². The minimum Gasteiger partial charge on any atom is -0.115 e. The van der Waals surface area contributed by atoms with Gasteiger partial charge in [-0.3, -0.25) is 0 Å². The maximum atomic E-state index is 5.44. The molecule has 16 heavy (non-hydrogen) atoms. The smallest absolute Gasteiger partial charge is 0.0330 e. The number of rotatable bonds is 2. The van der Waals surface area contributed by atoms with Crippen molar-refractivity contribution in [3.05, 3.63) is 59.7 Å². The molecule has 2 rings (SSSR count). The van der Waals surface area contributed by atoms with E-state index in [0.29, 0.717) is 0 Å². The van der Waals surface area contributed by atoms with Crippen molar-refractivity contribution in [2.45, 2.75) is 13.3 Å². The lowest BCUT2D eigenvalue weighted by Crippen LogP contribution is -1.87. The van der Waals surface area contributed by atoms with Crippen molar-refractivity contribution in [1.82, 2.24) is 0 Å². The van der Waals surface area contributed by atoms with Gasteiger partial charge in [-0.2, -0.15) is 0 Å². The van der Waals surface area contributed by atoms with Gasteiger partial charge in [0.15, 0.2) is 0 Å². The molecule has 0 aliphatic heterocycles. The van der Waals surface area contributed by atoms with Crippen LogP contribution >= 0.6 is 0 Å². The van der Waals surface area contributed by atoms with Crippen LogP contribution in [0.5, 0.6) is 0 Å². The van der Waals surface area contributed by atoms with Crippen LogP contribution in [0.4, 0.5) is 0 Å². The minimum atomic E-state index is 0.832. The Morgan fingerprint density at radius 1 is 1.12 bits per heavy atom. The molecule has 2 aromatic rings. The van der Waals surface area contributed by atoms with Gasteiger partial charge in [0.2, 0.25) is 0 Å². The molecule has 0 heterocycles. The Labute approximate surface area is 96.9 Å². The highest BCUT2D eigenvalue weighted by Gasteiger charge is 2.01. The maximum absolute atomic E-state index is 5.44. The van der Waals surface area contributed by atoms with Crippen LogP contribution in [0.15, 0.2) is 42.5 Å². The van der Waals surface area contributed by atoms with E-state index in [1.165, 1.54) is 11.1 Å². The summed E-state index contributed by atoms with van der Waals surface area (Å²) in [6, 6.07) is 17.6. The third-order valence-corrected chi connectivity index (χ3v) is 2.57. The molecule has 0 N–H and O–H groups in total. The normalized spacial score (nSPS) is 9.75. The van der Waals surface area contributed by atoms with E-state index >= 15 is 0 Å². The highest BCUT2D eigenvalue weighted by molar-refractivity contribution is 5.66. The van der Waals surface area contributed by atoms with E-state index < -0.39 is 0 Å². The Balaban J connectivity index is 2.54. The molecule has 0 aliphatic carbocycles. The molecule has 0 aromatic heterocycles. The summed E-state index contributed by atoms with van der Waals surface area (Å²) in [5.74, 6) is 2.66. The number of terminal acetylenes is 1. The second-order valence-corrected chi connectivity index (χ2v) is 3.67. The topological polar surface area (TPSA) is 0 Å². The fourth-order valence-corrected chi connectivity index (χ4v) is 1.70. The molecule has 1 radical (unpaired) electrons. The summed E-state index contributed by atoms with van der Waals surface area (Å²) in [5.41, 5.74) is 4.36. The van der Waals surface area contributed by atoms with Crippen molar-refractivity contribution in [1.29, 1.82) is 0 Å². The molecule has 0 nitrogen and oxygen atoms in total. The Morgan fingerprint density at radius 2 is 1.88 bits per heavy atom. The largest absolute Gasteiger partial charge is 0.115 e. The summed E-state index contributed by atoms with van der Waals surface area (Å²) < 4.78 is 0. The average Bonchev–Trinajstić information content (AvgIpc) is 2.39. The van der Waals surface area contributed by atoms with E-state index in [0.717, 1.165) is 17.5 Å². The number of hydrogen-bond donors (Lipinski definition) is 0. The molecule has 2 aromatic carbocycles. The maximum Gasteiger partial charge on any atom is 0.0330 e. The van der Waals surface area contributed by atoms with Crippen LogP contribution in [-0.2, 0) is 6.42 Å². The van der Waals surface area contributed by atoms with Gasteiger partial charge in [0.1, 0.15) is 0 Å². The summed E-state index contributed by atoms with van der Waals surface area (Å²) in [6.45, 7) is 2.11. The average molecular weight is 205 g/mol. The number of hydrogen-bond acceptors (Lipinski definition) is 0. The molecule has 0 bridgehead atoms. The monoisotopic (exact) mass is 205 g/mol. The van der Waals surface area contributed by atoms with Crippen molar-refractivity contribution in [3.8, 4) is 23.5 Å². The van der Waals surface area contributed by atoms with Gasteiger partial charge >= 0.3 is 0 Å². The zero-order valence-electron chi connectivity index (χ0n) is 9.33. The molecule has 0 fully saturated rings. The standard InChI is InChI=1S/C16H13/c1-3-13-10-14(4-2)12-16(11-13)15-8-6-5-7-9-15/h1,5-9,11-12H,4H2,2H3. The van der Waals surface area contributed by atoms with Gasteiger partial charge in [-0.15, -0.1) is 6.42 Å². The highest BCUT2D eigenvalue weighted by Crippen LogP contribution is 2.21. The second-order valence-electron chi connectivity index (χ2n) is 3.67. The van der Waals surface area contributed by atoms with Crippen LogP contribution in [0, 0.1) is 18.4 Å². The van der Waals surface area contributed by atoms with Crippen molar-refractivity contribution < 1.29 is 0 Å². The summed E-state index contributed by atoms with van der Waals surface area (Å²) >= 11 is 0. The van der Waals surface area contributed by atoms with Gasteiger partial charge in [-0.1, -0.05) is 49.2 Å². The van der Waals surface area contributed by atoms with E-state index in [1.807, 2.05) is 24.3 Å². The summed E-state index contributed by atoms with van der Waals surface area (Å²) in [4.78, 5) is 0. The lowest BCUT2D eigenvalue weighted by atomic mass is 9.99. The van der Waals surface area contributed by atoms with Crippen LogP contribution in [0.25, 0.3) is 11.1 Å². The zero-order valence-corrected chi connectivity index (χ0v) is 9.33. The first-order chi connectivity index (χ1) is 7.83. The van der Waals surface area contributed by atoms with Crippen LogP contribution in [0.1, 0.15) is 18.1 Å². The van der Waals surface area contributed by atoms with E-state index in [2.05, 4.69) is 37.1 Å². The Kier molecular flexibility index (Phi) is 3.08. The SMILES string of the molecule is C#Cc1[c]c(CC)cc(-c2ccccc2)c1. The summed E-state index contributed by atoms with van der Waals surface area (Å²) in [6.07, 6.45) is 6.39. The van der Waals surface area contributed by atoms with Crippen LogP contribution in [0.2, 0.25) is 0 Å². The Morgan fingerprint density at radius 3 is 2.50 bits per heavy atom. The molecule has 0 unspecified atom stereocenters. The third-order valence-electron chi connectivity index (χ3n) is 2.57. The van der Waals surface area contributed by atoms with Gasteiger partial charge in [0, 0.05) is 11.6 Å². The van der Waals surface area contributed by atoms with Crippen molar-refractivity contribution in [2.75, 3.05) is 0 Å². The fourth-order valence-electron chi connectivity index (χ4n) is 1.70. The van der Waals surface area contributed by atoms with Gasteiger partial charge in [0.05, 0.1) is 0 Å². The first kappa shape index (κ1) is 10.5. The molecular weight excluding hydrogens is 192 g/mol. The first-order valence-corrected chi connectivity index (χ1v) is 5.41. The number of benzene rings is 2. The lowest BCUT2D eigenvalue weighted by molar-refractivity contribution is 1.13. The van der Waals surface area contributed by atoms with Gasteiger partial charge in [-0.05, 0) is 29.2 Å². The molecule has 0 spiro atoms. The minimum absolute atomic E-state index is 0.832. The molecule has 0 saturated carbocycles. The van der Waals surface area contributed by atoms with Crippen molar-refractivity contribution in [2.24, 2.45) is 0 Å².